The van der Waals surface area contributed by atoms with E-state index in [1.807, 2.05) is 12.1 Å². The molecule has 270 valence electrons. The Morgan fingerprint density at radius 2 is 1.32 bits per heavy atom. The summed E-state index contributed by atoms with van der Waals surface area (Å²) in [6.07, 6.45) is 7.74. The molecule has 0 amide bonds. The number of aliphatic imine (C=N–C) groups is 2. The first kappa shape index (κ1) is 32.4. The van der Waals surface area contributed by atoms with Crippen molar-refractivity contribution < 1.29 is 4.42 Å². The molecule has 0 radical (unpaired) electrons. The first-order valence-corrected chi connectivity index (χ1v) is 20.3. The van der Waals surface area contributed by atoms with Crippen LogP contribution in [0.5, 0.6) is 0 Å². The maximum absolute atomic E-state index is 6.43. The van der Waals surface area contributed by atoms with Gasteiger partial charge in [0.1, 0.15) is 21.6 Å². The summed E-state index contributed by atoms with van der Waals surface area (Å²) < 4.78 is 8.86. The molecule has 9 aromatic rings. The monoisotopic (exact) mass is 750 g/mol. The fourth-order valence-corrected chi connectivity index (χ4v) is 10.0. The van der Waals surface area contributed by atoms with Gasteiger partial charge in [-0.15, -0.1) is 0 Å². The third kappa shape index (κ3) is 5.18. The Labute approximate surface area is 333 Å². The number of aromatic nitrogens is 1. The summed E-state index contributed by atoms with van der Waals surface area (Å²) in [6, 6.07) is 58.3. The molecule has 0 spiro atoms. The molecule has 12 rings (SSSR count). The summed E-state index contributed by atoms with van der Waals surface area (Å²) in [5.74, 6) is 1.00. The summed E-state index contributed by atoms with van der Waals surface area (Å²) in [7, 11) is 0. The van der Waals surface area contributed by atoms with Crippen molar-refractivity contribution in [1.82, 2.24) is 4.57 Å². The second kappa shape index (κ2) is 12.8. The van der Waals surface area contributed by atoms with E-state index in [9.17, 15) is 0 Å². The highest BCUT2D eigenvalue weighted by molar-refractivity contribution is 8.14. The second-order valence-electron chi connectivity index (χ2n) is 14.9. The molecule has 2 unspecified atom stereocenters. The molecule has 0 bridgehead atoms. The lowest BCUT2D eigenvalue weighted by Gasteiger charge is -2.25. The molecule has 0 N–H and O–H groups in total. The minimum Gasteiger partial charge on any atom is -0.456 e. The Balaban J connectivity index is 1.01. The van der Waals surface area contributed by atoms with Gasteiger partial charge in [-0.1, -0.05) is 121 Å². The maximum Gasteiger partial charge on any atom is 0.157 e. The molecule has 1 aliphatic carbocycles. The van der Waals surface area contributed by atoms with E-state index in [0.717, 1.165) is 67.3 Å². The van der Waals surface area contributed by atoms with Crippen molar-refractivity contribution in [2.75, 3.05) is 4.90 Å². The van der Waals surface area contributed by atoms with Gasteiger partial charge in [-0.25, -0.2) is 9.98 Å². The van der Waals surface area contributed by atoms with Gasteiger partial charge >= 0.3 is 0 Å². The largest absolute Gasteiger partial charge is 0.456 e. The van der Waals surface area contributed by atoms with Crippen LogP contribution >= 0.6 is 11.8 Å². The van der Waals surface area contributed by atoms with E-state index in [1.54, 1.807) is 11.8 Å². The molecule has 2 atom stereocenters. The SMILES string of the molecule is C1=CCC2C(=C1)N(c1ccc(C3=NC(c4ccccc4)SC(c4ccccc4)=N3)cc1)c1cc3c(cc12)c1cc2oc4ccccc4c2cc1n3-c1ccccc1. The first-order chi connectivity index (χ1) is 28.2. The first-order valence-electron chi connectivity index (χ1n) is 19.4. The lowest BCUT2D eigenvalue weighted by Crippen LogP contribution is -2.15. The Morgan fingerprint density at radius 3 is 2.14 bits per heavy atom. The molecule has 6 heteroatoms. The van der Waals surface area contributed by atoms with Gasteiger partial charge in [-0.2, -0.15) is 0 Å². The summed E-state index contributed by atoms with van der Waals surface area (Å²) in [4.78, 5) is 12.8. The Bertz CT molecular complexity index is 3180. The highest BCUT2D eigenvalue weighted by Gasteiger charge is 2.36. The highest BCUT2D eigenvalue weighted by Crippen LogP contribution is 2.53. The zero-order chi connectivity index (χ0) is 37.5. The van der Waals surface area contributed by atoms with Crippen molar-refractivity contribution >= 4 is 77.8 Å². The number of hydrogen-bond donors (Lipinski definition) is 0. The van der Waals surface area contributed by atoms with Crippen LogP contribution in [0.15, 0.2) is 202 Å². The fraction of sp³-hybridized carbons (Fsp3) is 0.0588. The van der Waals surface area contributed by atoms with Crippen LogP contribution < -0.4 is 4.90 Å². The van der Waals surface area contributed by atoms with Crippen LogP contribution in [0.3, 0.4) is 0 Å². The third-order valence-electron chi connectivity index (χ3n) is 11.6. The van der Waals surface area contributed by atoms with Crippen LogP contribution in [0.2, 0.25) is 0 Å². The molecular weight excluding hydrogens is 717 g/mol. The van der Waals surface area contributed by atoms with Gasteiger partial charge in [-0.05, 0) is 90.4 Å². The molecule has 57 heavy (non-hydrogen) atoms. The van der Waals surface area contributed by atoms with Crippen LogP contribution in [0.4, 0.5) is 11.4 Å². The van der Waals surface area contributed by atoms with Crippen molar-refractivity contribution in [2.45, 2.75) is 17.7 Å². The normalized spacial score (nSPS) is 17.5. The van der Waals surface area contributed by atoms with E-state index in [4.69, 9.17) is 14.4 Å². The summed E-state index contributed by atoms with van der Waals surface area (Å²) in [6.45, 7) is 0. The predicted molar refractivity (Wildman–Crippen MR) is 238 cm³/mol. The molecular formula is C51H34N4OS. The topological polar surface area (TPSA) is 46.0 Å². The summed E-state index contributed by atoms with van der Waals surface area (Å²) >= 11 is 1.70. The van der Waals surface area contributed by atoms with Gasteiger partial charge in [0, 0.05) is 55.7 Å². The molecule has 4 heterocycles. The average Bonchev–Trinajstić information content (AvgIpc) is 3.92. The number of nitrogens with zero attached hydrogens (tertiary/aromatic N) is 4. The molecule has 0 fully saturated rings. The van der Waals surface area contributed by atoms with Gasteiger partial charge < -0.3 is 13.9 Å². The van der Waals surface area contributed by atoms with E-state index in [-0.39, 0.29) is 11.3 Å². The quantitative estimate of drug-likeness (QED) is 0.176. The Hall–Kier alpha value is -6.89. The van der Waals surface area contributed by atoms with E-state index in [0.29, 0.717) is 0 Å². The van der Waals surface area contributed by atoms with Crippen LogP contribution in [0.25, 0.3) is 49.4 Å². The van der Waals surface area contributed by atoms with E-state index in [1.165, 1.54) is 38.8 Å². The second-order valence-corrected chi connectivity index (χ2v) is 15.9. The van der Waals surface area contributed by atoms with E-state index >= 15 is 0 Å². The van der Waals surface area contributed by atoms with Gasteiger partial charge in [-0.3, -0.25) is 0 Å². The highest BCUT2D eigenvalue weighted by atomic mass is 32.2. The number of rotatable bonds is 5. The Morgan fingerprint density at radius 1 is 0.596 bits per heavy atom. The number of amidine groups is 1. The summed E-state index contributed by atoms with van der Waals surface area (Å²) in [5.41, 5.74) is 13.5. The maximum atomic E-state index is 6.43. The molecule has 2 aromatic heterocycles. The number of anilines is 2. The van der Waals surface area contributed by atoms with Crippen LogP contribution in [0, 0.1) is 0 Å². The standard InChI is InChI=1S/C51H34N4OS/c1-4-14-33(15-5-1)50-52-49(53-51(57-50)34-16-6-2-7-17-34)32-24-26-36(27-25-32)54-43-22-12-10-20-37(43)39-28-40-41-30-48-42(38-21-11-13-23-47(38)56-48)29-44(41)55(46(40)31-45(39)54)35-18-8-3-9-19-35/h1-19,21-31,37,50H,20H2. The molecule has 5 nitrogen and oxygen atoms in total. The van der Waals surface area contributed by atoms with Crippen LogP contribution in [-0.2, 0) is 0 Å². The zero-order valence-corrected chi connectivity index (χ0v) is 31.6. The molecule has 7 aromatic carbocycles. The molecule has 3 aliphatic rings. The van der Waals surface area contributed by atoms with Crippen molar-refractivity contribution in [2.24, 2.45) is 9.98 Å². The van der Waals surface area contributed by atoms with Crippen molar-refractivity contribution in [1.29, 1.82) is 0 Å². The number of fused-ring (bicyclic) bond motifs is 9. The fourth-order valence-electron chi connectivity index (χ4n) is 8.94. The number of benzene rings is 7. The summed E-state index contributed by atoms with van der Waals surface area (Å²) in [5, 5.41) is 5.59. The predicted octanol–water partition coefficient (Wildman–Crippen LogP) is 13.4. The van der Waals surface area contributed by atoms with Crippen LogP contribution in [-0.4, -0.2) is 15.4 Å². The van der Waals surface area contributed by atoms with Crippen molar-refractivity contribution in [3.8, 4) is 5.69 Å². The molecule has 0 saturated carbocycles. The number of para-hydroxylation sites is 2. The Kier molecular flexibility index (Phi) is 7.29. The van der Waals surface area contributed by atoms with Gasteiger partial charge in [0.2, 0.25) is 0 Å². The smallest absolute Gasteiger partial charge is 0.157 e. The minimum atomic E-state index is -0.0831. The van der Waals surface area contributed by atoms with E-state index < -0.39 is 0 Å². The number of allylic oxidation sites excluding steroid dienone is 4. The van der Waals surface area contributed by atoms with Crippen molar-refractivity contribution in [3.63, 3.8) is 0 Å². The number of furan rings is 1. The average molecular weight is 751 g/mol. The molecule has 0 saturated heterocycles. The van der Waals surface area contributed by atoms with Gasteiger partial charge in [0.05, 0.1) is 16.7 Å². The number of thioether (sulfide) groups is 1. The van der Waals surface area contributed by atoms with Crippen molar-refractivity contribution in [3.05, 3.63) is 210 Å². The van der Waals surface area contributed by atoms with Gasteiger partial charge in [0.25, 0.3) is 0 Å². The molecule has 2 aliphatic heterocycles. The van der Waals surface area contributed by atoms with Crippen LogP contribution in [0.1, 0.15) is 40.0 Å². The zero-order valence-electron chi connectivity index (χ0n) is 30.8. The number of hydrogen-bond acceptors (Lipinski definition) is 5. The lowest BCUT2D eigenvalue weighted by atomic mass is 9.91. The third-order valence-corrected chi connectivity index (χ3v) is 12.7. The minimum absolute atomic E-state index is 0.0831. The lowest BCUT2D eigenvalue weighted by molar-refractivity contribution is 0.669. The van der Waals surface area contributed by atoms with Gasteiger partial charge in [0.15, 0.2) is 5.84 Å². The van der Waals surface area contributed by atoms with E-state index in [2.05, 4.69) is 179 Å².